The number of fused-ring (bicyclic) bond motifs is 3. The molecule has 0 radical (unpaired) electrons. The van der Waals surface area contributed by atoms with Gasteiger partial charge in [0.2, 0.25) is 0 Å². The third-order valence-corrected chi connectivity index (χ3v) is 6.73. The second-order valence-corrected chi connectivity index (χ2v) is 8.66. The lowest BCUT2D eigenvalue weighted by atomic mass is 9.81. The van der Waals surface area contributed by atoms with Gasteiger partial charge in [0.1, 0.15) is 6.20 Å². The van der Waals surface area contributed by atoms with Gasteiger partial charge in [0.25, 0.3) is 11.2 Å². The summed E-state index contributed by atoms with van der Waals surface area (Å²) in [7, 11) is 0. The van der Waals surface area contributed by atoms with Crippen LogP contribution >= 0.6 is 0 Å². The van der Waals surface area contributed by atoms with Crippen LogP contribution in [0, 0.1) is 13.0 Å². The molecule has 0 atom stereocenters. The zero-order valence-electron chi connectivity index (χ0n) is 17.8. The minimum Gasteiger partial charge on any atom is -0.286 e. The predicted octanol–water partition coefficient (Wildman–Crippen LogP) is 7.55. The van der Waals surface area contributed by atoms with Gasteiger partial charge < -0.3 is 0 Å². The molecule has 0 fully saturated rings. The van der Waals surface area contributed by atoms with Crippen LogP contribution in [0.1, 0.15) is 36.8 Å². The topological polar surface area (TPSA) is 14.3 Å². The Morgan fingerprint density at radius 2 is 1.77 bits per heavy atom. The maximum atomic E-state index is 6.59. The first-order valence-corrected chi connectivity index (χ1v) is 11.1. The molecular weight excluding hydrogens is 378 g/mol. The molecule has 2 aliphatic rings. The van der Waals surface area contributed by atoms with Gasteiger partial charge in [-0.3, -0.25) is 8.99 Å². The highest BCUT2D eigenvalue weighted by Gasteiger charge is 2.33. The molecule has 2 heterocycles. The SMILES string of the molecule is C=[N+]1C=CC2=C(CCCC2)[C-]1c1c(C)ccc2c1[o+][c-]1cc(-c3ccccc3)ccc21. The molecule has 0 saturated carbocycles. The van der Waals surface area contributed by atoms with Crippen LogP contribution in [0.4, 0.5) is 0 Å². The molecule has 0 N–H and O–H groups in total. The van der Waals surface area contributed by atoms with E-state index in [1.54, 1.807) is 0 Å². The molecule has 6 rings (SSSR count). The van der Waals surface area contributed by atoms with Gasteiger partial charge in [0.15, 0.2) is 6.04 Å². The molecule has 0 saturated heterocycles. The molecule has 2 nitrogen and oxygen atoms in total. The minimum absolute atomic E-state index is 0.934. The number of nitrogens with zero attached hydrogens (tertiary/aromatic N) is 1. The van der Waals surface area contributed by atoms with Crippen LogP contribution in [0.15, 0.2) is 88.5 Å². The van der Waals surface area contributed by atoms with Crippen LogP contribution in [-0.4, -0.2) is 11.3 Å². The molecule has 3 aromatic carbocycles. The molecule has 2 heteroatoms. The van der Waals surface area contributed by atoms with Crippen molar-refractivity contribution >= 4 is 28.7 Å². The van der Waals surface area contributed by atoms with Crippen molar-refractivity contribution in [2.75, 3.05) is 0 Å². The monoisotopic (exact) mass is 403 g/mol. The van der Waals surface area contributed by atoms with Gasteiger partial charge in [-0.2, -0.15) is 0 Å². The lowest BCUT2D eigenvalue weighted by molar-refractivity contribution is -0.420. The first kappa shape index (κ1) is 18.3. The van der Waals surface area contributed by atoms with Gasteiger partial charge in [-0.15, -0.1) is 12.1 Å². The highest BCUT2D eigenvalue weighted by molar-refractivity contribution is 6.07. The Hall–Kier alpha value is -3.52. The summed E-state index contributed by atoms with van der Waals surface area (Å²) in [5.74, 6) is 0. The summed E-state index contributed by atoms with van der Waals surface area (Å²) in [6, 6.07) is 22.7. The number of rotatable bonds is 2. The van der Waals surface area contributed by atoms with E-state index in [9.17, 15) is 0 Å². The summed E-state index contributed by atoms with van der Waals surface area (Å²) >= 11 is 0. The van der Waals surface area contributed by atoms with Crippen molar-refractivity contribution in [3.05, 3.63) is 101 Å². The quantitative estimate of drug-likeness (QED) is 0.191. The molecule has 0 spiro atoms. The van der Waals surface area contributed by atoms with Gasteiger partial charge in [0, 0.05) is 0 Å². The molecule has 0 amide bonds. The van der Waals surface area contributed by atoms with Crippen molar-refractivity contribution in [3.63, 3.8) is 0 Å². The lowest BCUT2D eigenvalue weighted by Gasteiger charge is -2.30. The summed E-state index contributed by atoms with van der Waals surface area (Å²) in [4.78, 5) is 0. The highest BCUT2D eigenvalue weighted by atomic mass is 16.3. The van der Waals surface area contributed by atoms with E-state index < -0.39 is 0 Å². The molecule has 152 valence electrons. The zero-order chi connectivity index (χ0) is 20.9. The summed E-state index contributed by atoms with van der Waals surface area (Å²) in [6.45, 7) is 6.52. The van der Waals surface area contributed by atoms with Crippen LogP contribution in [-0.2, 0) is 0 Å². The number of furan rings is 1. The van der Waals surface area contributed by atoms with E-state index in [0.29, 0.717) is 0 Å². The van der Waals surface area contributed by atoms with Crippen LogP contribution in [0.25, 0.3) is 33.1 Å². The predicted molar refractivity (Wildman–Crippen MR) is 128 cm³/mol. The van der Waals surface area contributed by atoms with Crippen molar-refractivity contribution in [2.24, 2.45) is 0 Å². The fraction of sp³-hybridized carbons (Fsp3) is 0.172. The van der Waals surface area contributed by atoms with Crippen molar-refractivity contribution in [3.8, 4) is 11.1 Å². The zero-order valence-corrected chi connectivity index (χ0v) is 17.8. The third-order valence-electron chi connectivity index (χ3n) is 6.73. The number of hydrogen-bond donors (Lipinski definition) is 0. The molecule has 0 unspecified atom stereocenters. The van der Waals surface area contributed by atoms with Gasteiger partial charge >= 0.3 is 0 Å². The fourth-order valence-electron chi connectivity index (χ4n) is 5.15. The smallest absolute Gasteiger partial charge is 0.279 e. The number of hydrogen-bond acceptors (Lipinski definition) is 0. The van der Waals surface area contributed by atoms with Crippen LogP contribution in [0.3, 0.4) is 0 Å². The second kappa shape index (κ2) is 7.02. The summed E-state index contributed by atoms with van der Waals surface area (Å²) in [5, 5.41) is 2.33. The maximum Gasteiger partial charge on any atom is 0.279 e. The lowest BCUT2D eigenvalue weighted by Crippen LogP contribution is -2.23. The normalized spacial score (nSPS) is 16.4. The molecule has 1 aliphatic heterocycles. The van der Waals surface area contributed by atoms with Gasteiger partial charge in [-0.1, -0.05) is 97.0 Å². The maximum absolute atomic E-state index is 6.59. The summed E-state index contributed by atoms with van der Waals surface area (Å²) in [5.41, 5.74) is 9.59. The van der Waals surface area contributed by atoms with Gasteiger partial charge in [0.05, 0.1) is 12.3 Å². The second-order valence-electron chi connectivity index (χ2n) is 8.66. The van der Waals surface area contributed by atoms with Gasteiger partial charge in [-0.05, 0) is 28.8 Å². The van der Waals surface area contributed by atoms with Crippen LogP contribution < -0.4 is 0 Å². The third kappa shape index (κ3) is 2.86. The number of allylic oxidation sites excluding steroid dienone is 2. The average molecular weight is 404 g/mol. The Labute approximate surface area is 182 Å². The first-order chi connectivity index (χ1) is 15.2. The van der Waals surface area contributed by atoms with E-state index >= 15 is 0 Å². The van der Waals surface area contributed by atoms with Crippen molar-refractivity contribution in [2.45, 2.75) is 32.6 Å². The van der Waals surface area contributed by atoms with Crippen molar-refractivity contribution in [1.82, 2.24) is 0 Å². The van der Waals surface area contributed by atoms with E-state index in [4.69, 9.17) is 4.42 Å². The van der Waals surface area contributed by atoms with Crippen LogP contribution in [0.2, 0.25) is 0 Å². The molecule has 0 bridgehead atoms. The Morgan fingerprint density at radius 1 is 0.935 bits per heavy atom. The Kier molecular flexibility index (Phi) is 4.14. The Bertz CT molecular complexity index is 1400. The number of benzene rings is 3. The Morgan fingerprint density at radius 3 is 2.65 bits per heavy atom. The van der Waals surface area contributed by atoms with Crippen molar-refractivity contribution in [1.29, 1.82) is 0 Å². The molecule has 4 aromatic rings. The Balaban J connectivity index is 1.58. The van der Waals surface area contributed by atoms with Crippen LogP contribution in [0.5, 0.6) is 0 Å². The van der Waals surface area contributed by atoms with Gasteiger partial charge in [-0.25, -0.2) is 0 Å². The van der Waals surface area contributed by atoms with E-state index in [1.807, 2.05) is 10.6 Å². The first-order valence-electron chi connectivity index (χ1n) is 11.1. The minimum atomic E-state index is 0.934. The fourth-order valence-corrected chi connectivity index (χ4v) is 5.15. The van der Waals surface area contributed by atoms with Crippen molar-refractivity contribution < 1.29 is 8.99 Å². The highest BCUT2D eigenvalue weighted by Crippen LogP contribution is 2.44. The average Bonchev–Trinajstić information content (AvgIpc) is 3.18. The van der Waals surface area contributed by atoms with E-state index in [2.05, 4.69) is 80.5 Å². The number of aryl methyl sites for hydroxylation is 1. The molecule has 1 aliphatic carbocycles. The largest absolute Gasteiger partial charge is 0.286 e. The van der Waals surface area contributed by atoms with E-state index in [1.165, 1.54) is 57.7 Å². The summed E-state index contributed by atoms with van der Waals surface area (Å²) < 4.78 is 8.62. The molecule has 31 heavy (non-hydrogen) atoms. The molecule has 1 aromatic heterocycles. The summed E-state index contributed by atoms with van der Waals surface area (Å²) in [6.07, 6.45) is 9.11. The standard InChI is InChI=1S/C29H25NO/c1-19-12-14-25-24-15-13-22(20-8-4-3-5-9-20)18-26(24)31-29(25)27(19)28-23-11-7-6-10-21(23)16-17-30(28)2/h3-5,8-9,12-18H,2,6-7,10-11H2,1H3. The van der Waals surface area contributed by atoms with E-state index in [-0.39, 0.29) is 0 Å². The molecular formula is C29H25NO. The van der Waals surface area contributed by atoms with E-state index in [0.717, 1.165) is 29.4 Å².